The first-order valence-electron chi connectivity index (χ1n) is 8.97. The van der Waals surface area contributed by atoms with Gasteiger partial charge in [0.25, 0.3) is 12.3 Å². The third-order valence-electron chi connectivity index (χ3n) is 4.91. The largest absolute Gasteiger partial charge is 0.384 e. The van der Waals surface area contributed by atoms with E-state index in [1.807, 2.05) is 0 Å². The van der Waals surface area contributed by atoms with Crippen LogP contribution in [0, 0.1) is 17.6 Å². The molecule has 0 aromatic heterocycles. The lowest BCUT2D eigenvalue weighted by atomic mass is 9.71. The van der Waals surface area contributed by atoms with Crippen molar-refractivity contribution >= 4 is 33.2 Å². The minimum Gasteiger partial charge on any atom is -0.384 e. The van der Waals surface area contributed by atoms with Gasteiger partial charge in [-0.3, -0.25) is 4.79 Å². The number of aliphatic hydroxyl groups is 1. The lowest BCUT2D eigenvalue weighted by molar-refractivity contribution is -0.166. The van der Waals surface area contributed by atoms with E-state index in [-0.39, 0.29) is 35.7 Å². The van der Waals surface area contributed by atoms with Crippen molar-refractivity contribution in [2.75, 3.05) is 11.9 Å². The molecule has 0 radical (unpaired) electrons. The van der Waals surface area contributed by atoms with Crippen LogP contribution < -0.4 is 10.0 Å². The number of hydrogen-bond donors (Lipinski definition) is 3. The number of hydrogen-bond acceptors (Lipinski definition) is 4. The van der Waals surface area contributed by atoms with Crippen LogP contribution in [0.4, 0.5) is 23.2 Å². The number of sulfonamides is 1. The summed E-state index contributed by atoms with van der Waals surface area (Å²) in [5.74, 6) is -3.14. The van der Waals surface area contributed by atoms with Gasteiger partial charge in [-0.2, -0.15) is 0 Å². The Morgan fingerprint density at radius 1 is 1.16 bits per heavy atom. The molecule has 1 saturated carbocycles. The number of anilines is 1. The van der Waals surface area contributed by atoms with Gasteiger partial charge in [0.15, 0.2) is 0 Å². The zero-order valence-corrected chi connectivity index (χ0v) is 17.3. The van der Waals surface area contributed by atoms with Crippen molar-refractivity contribution in [2.24, 2.45) is 5.92 Å². The van der Waals surface area contributed by atoms with Crippen molar-refractivity contribution in [3.8, 4) is 0 Å². The number of benzene rings is 2. The number of carbonyl (C=O) groups excluding carboxylic acids is 1. The number of carbonyl (C=O) groups is 1. The molecule has 3 rings (SSSR count). The first-order chi connectivity index (χ1) is 14.4. The van der Waals surface area contributed by atoms with Crippen molar-refractivity contribution in [1.29, 1.82) is 0 Å². The molecule has 12 heteroatoms. The van der Waals surface area contributed by atoms with E-state index in [1.165, 1.54) is 6.07 Å². The van der Waals surface area contributed by atoms with Crippen LogP contribution >= 0.6 is 11.6 Å². The van der Waals surface area contributed by atoms with E-state index >= 15 is 0 Å². The fourth-order valence-electron chi connectivity index (χ4n) is 3.20. The van der Waals surface area contributed by atoms with Crippen molar-refractivity contribution in [1.82, 2.24) is 4.72 Å². The third kappa shape index (κ3) is 5.17. The second kappa shape index (κ2) is 8.73. The monoisotopic (exact) mass is 480 g/mol. The highest BCUT2D eigenvalue weighted by atomic mass is 35.5. The minimum absolute atomic E-state index is 0.139. The van der Waals surface area contributed by atoms with Gasteiger partial charge in [0.1, 0.15) is 22.1 Å². The van der Waals surface area contributed by atoms with Crippen molar-refractivity contribution in [3.63, 3.8) is 0 Å². The van der Waals surface area contributed by atoms with Gasteiger partial charge < -0.3 is 10.4 Å². The predicted octanol–water partition coefficient (Wildman–Crippen LogP) is 3.56. The SMILES string of the molecule is O=C(Nc1ccc(F)c(Cl)c1)c1ccc(F)c(S(=O)(=O)NCC2CC(O)(C(F)F)C2)c1. The average molecular weight is 481 g/mol. The van der Waals surface area contributed by atoms with Gasteiger partial charge in [0.05, 0.1) is 5.02 Å². The molecule has 2 aromatic carbocycles. The number of alkyl halides is 2. The van der Waals surface area contributed by atoms with E-state index in [2.05, 4.69) is 10.0 Å². The maximum atomic E-state index is 14.2. The Labute approximate surface area is 180 Å². The van der Waals surface area contributed by atoms with E-state index in [4.69, 9.17) is 11.6 Å². The maximum absolute atomic E-state index is 14.2. The van der Waals surface area contributed by atoms with Crippen LogP contribution in [0.3, 0.4) is 0 Å². The third-order valence-corrected chi connectivity index (χ3v) is 6.64. The molecule has 6 nitrogen and oxygen atoms in total. The molecule has 3 N–H and O–H groups in total. The number of rotatable bonds is 7. The fraction of sp³-hybridized carbons (Fsp3) is 0.316. The Hall–Kier alpha value is -2.21. The van der Waals surface area contributed by atoms with E-state index in [0.29, 0.717) is 0 Å². The Balaban J connectivity index is 1.70. The summed E-state index contributed by atoms with van der Waals surface area (Å²) in [6.07, 6.45) is -3.53. The molecule has 0 bridgehead atoms. The standard InChI is InChI=1S/C19H17ClF4N2O4S/c20-13-6-12(2-4-14(13)21)26-17(27)11-1-3-15(22)16(5-11)31(29,30)25-9-10-7-19(28,8-10)18(23)24/h1-6,10,18,25,28H,7-9H2,(H,26,27). The molecule has 0 atom stereocenters. The topological polar surface area (TPSA) is 95.5 Å². The first kappa shape index (κ1) is 23.5. The molecule has 1 aliphatic carbocycles. The van der Waals surface area contributed by atoms with E-state index in [0.717, 1.165) is 30.3 Å². The summed E-state index contributed by atoms with van der Waals surface area (Å²) in [6, 6.07) is 6.08. The van der Waals surface area contributed by atoms with E-state index in [9.17, 15) is 35.9 Å². The maximum Gasteiger partial charge on any atom is 0.266 e. The Morgan fingerprint density at radius 2 is 1.81 bits per heavy atom. The van der Waals surface area contributed by atoms with Gasteiger partial charge in [0.2, 0.25) is 10.0 Å². The summed E-state index contributed by atoms with van der Waals surface area (Å²) < 4.78 is 79.7. The minimum atomic E-state index is -4.41. The summed E-state index contributed by atoms with van der Waals surface area (Å²) in [5, 5.41) is 11.7. The van der Waals surface area contributed by atoms with Gasteiger partial charge in [-0.25, -0.2) is 30.7 Å². The molecule has 1 fully saturated rings. The Bertz CT molecular complexity index is 1110. The highest BCUT2D eigenvalue weighted by molar-refractivity contribution is 7.89. The molecular formula is C19H17ClF4N2O4S. The zero-order valence-electron chi connectivity index (χ0n) is 15.7. The molecule has 31 heavy (non-hydrogen) atoms. The molecule has 1 aliphatic rings. The predicted molar refractivity (Wildman–Crippen MR) is 105 cm³/mol. The summed E-state index contributed by atoms with van der Waals surface area (Å²) in [5.41, 5.74) is -2.19. The van der Waals surface area contributed by atoms with Crippen molar-refractivity contribution in [3.05, 3.63) is 58.6 Å². The fourth-order valence-corrected chi connectivity index (χ4v) is 4.59. The summed E-state index contributed by atoms with van der Waals surface area (Å²) in [6.45, 7) is -0.276. The number of nitrogens with one attached hydrogen (secondary N) is 2. The Morgan fingerprint density at radius 3 is 2.42 bits per heavy atom. The van der Waals surface area contributed by atoms with Crippen LogP contribution in [-0.4, -0.2) is 38.0 Å². The normalized spacial score (nSPS) is 21.1. The number of halogens is 5. The van der Waals surface area contributed by atoms with Gasteiger partial charge in [0, 0.05) is 17.8 Å². The molecule has 0 saturated heterocycles. The van der Waals surface area contributed by atoms with Crippen LogP contribution in [0.5, 0.6) is 0 Å². The average Bonchev–Trinajstić information content (AvgIpc) is 2.67. The highest BCUT2D eigenvalue weighted by Crippen LogP contribution is 2.41. The molecule has 0 unspecified atom stereocenters. The van der Waals surface area contributed by atoms with Crippen molar-refractivity contribution in [2.45, 2.75) is 29.8 Å². The second-order valence-electron chi connectivity index (χ2n) is 7.26. The van der Waals surface area contributed by atoms with Crippen LogP contribution in [0.15, 0.2) is 41.3 Å². The molecule has 2 aromatic rings. The molecule has 0 heterocycles. The number of amides is 1. The molecule has 0 spiro atoms. The Kier molecular flexibility index (Phi) is 6.61. The van der Waals surface area contributed by atoms with Crippen LogP contribution in [0.2, 0.25) is 5.02 Å². The van der Waals surface area contributed by atoms with Gasteiger partial charge >= 0.3 is 0 Å². The quantitative estimate of drug-likeness (QED) is 0.528. The molecule has 168 valence electrons. The van der Waals surface area contributed by atoms with Gasteiger partial charge in [-0.05, 0) is 55.2 Å². The molecule has 0 aliphatic heterocycles. The first-order valence-corrected chi connectivity index (χ1v) is 10.8. The lowest BCUT2D eigenvalue weighted by Crippen LogP contribution is -2.52. The summed E-state index contributed by atoms with van der Waals surface area (Å²) >= 11 is 5.64. The zero-order chi connectivity index (χ0) is 23.0. The lowest BCUT2D eigenvalue weighted by Gasteiger charge is -2.42. The van der Waals surface area contributed by atoms with Crippen LogP contribution in [0.1, 0.15) is 23.2 Å². The van der Waals surface area contributed by atoms with Crippen molar-refractivity contribution < 1.29 is 35.9 Å². The molecule has 1 amide bonds. The second-order valence-corrected chi connectivity index (χ2v) is 9.40. The van der Waals surface area contributed by atoms with Gasteiger partial charge in [-0.15, -0.1) is 0 Å². The smallest absolute Gasteiger partial charge is 0.266 e. The summed E-state index contributed by atoms with van der Waals surface area (Å²) in [4.78, 5) is 11.6. The molecular weight excluding hydrogens is 464 g/mol. The van der Waals surface area contributed by atoms with Crippen LogP contribution in [-0.2, 0) is 10.0 Å². The van der Waals surface area contributed by atoms with E-state index < -0.39 is 50.4 Å². The van der Waals surface area contributed by atoms with Crippen LogP contribution in [0.25, 0.3) is 0 Å². The highest BCUT2D eigenvalue weighted by Gasteiger charge is 2.49. The van der Waals surface area contributed by atoms with Gasteiger partial charge in [-0.1, -0.05) is 11.6 Å². The van der Waals surface area contributed by atoms with E-state index in [1.54, 1.807) is 0 Å². The summed E-state index contributed by atoms with van der Waals surface area (Å²) in [7, 11) is -4.41.